The van der Waals surface area contributed by atoms with Crippen LogP contribution >= 0.6 is 0 Å². The lowest BCUT2D eigenvalue weighted by Gasteiger charge is -2.25. The van der Waals surface area contributed by atoms with Crippen molar-refractivity contribution in [3.8, 4) is 0 Å². The van der Waals surface area contributed by atoms with Gasteiger partial charge in [-0.3, -0.25) is 14.5 Å². The highest BCUT2D eigenvalue weighted by molar-refractivity contribution is 6.51. The number of Topliss-reactive ketones (excluding diaryl/α,β-unsaturated/α-hetero) is 1. The minimum absolute atomic E-state index is 0.0249. The van der Waals surface area contributed by atoms with Crippen molar-refractivity contribution in [2.24, 2.45) is 0 Å². The number of benzene rings is 3. The molecule has 1 atom stereocenters. The van der Waals surface area contributed by atoms with E-state index in [0.29, 0.717) is 22.4 Å². The average Bonchev–Trinajstić information content (AvgIpc) is 3.10. The number of amides is 1. The second kappa shape index (κ2) is 8.74. The van der Waals surface area contributed by atoms with Crippen LogP contribution in [0.2, 0.25) is 0 Å². The maximum absolute atomic E-state index is 13.2. The molecule has 1 N–H and O–H groups in total. The number of rotatable bonds is 4. The van der Waals surface area contributed by atoms with Gasteiger partial charge in [0.15, 0.2) is 0 Å². The molecule has 6 nitrogen and oxygen atoms in total. The molecule has 3 aromatic carbocycles. The Labute approximate surface area is 191 Å². The highest BCUT2D eigenvalue weighted by Gasteiger charge is 2.47. The van der Waals surface area contributed by atoms with E-state index >= 15 is 0 Å². The van der Waals surface area contributed by atoms with Crippen molar-refractivity contribution in [1.82, 2.24) is 0 Å². The van der Waals surface area contributed by atoms with Gasteiger partial charge in [-0.1, -0.05) is 48.0 Å². The van der Waals surface area contributed by atoms with E-state index in [1.54, 1.807) is 18.2 Å². The van der Waals surface area contributed by atoms with Gasteiger partial charge in [-0.25, -0.2) is 4.79 Å². The van der Waals surface area contributed by atoms with Crippen molar-refractivity contribution in [2.45, 2.75) is 19.9 Å². The number of carbonyl (C=O) groups is 3. The number of methoxy groups -OCH3 is 1. The van der Waals surface area contributed by atoms with Gasteiger partial charge < -0.3 is 9.84 Å². The molecule has 0 aromatic heterocycles. The zero-order chi connectivity index (χ0) is 23.7. The fraction of sp³-hybridized carbons (Fsp3) is 0.148. The van der Waals surface area contributed by atoms with Crippen LogP contribution in [0.3, 0.4) is 0 Å². The van der Waals surface area contributed by atoms with E-state index in [9.17, 15) is 19.5 Å². The van der Waals surface area contributed by atoms with E-state index in [-0.39, 0.29) is 11.3 Å². The van der Waals surface area contributed by atoms with Crippen molar-refractivity contribution >= 4 is 29.1 Å². The summed E-state index contributed by atoms with van der Waals surface area (Å²) in [6.07, 6.45) is 0. The topological polar surface area (TPSA) is 83.9 Å². The van der Waals surface area contributed by atoms with Gasteiger partial charge in [-0.05, 0) is 55.3 Å². The third-order valence-corrected chi connectivity index (χ3v) is 5.77. The molecule has 0 bridgehead atoms. The number of aliphatic hydroxyl groups excluding tert-OH is 1. The number of nitrogens with zero attached hydrogens (tertiary/aromatic N) is 1. The highest BCUT2D eigenvalue weighted by atomic mass is 16.5. The molecular formula is C27H23NO5. The summed E-state index contributed by atoms with van der Waals surface area (Å²) in [5.41, 5.74) is 3.68. The van der Waals surface area contributed by atoms with Crippen LogP contribution in [0.4, 0.5) is 5.69 Å². The monoisotopic (exact) mass is 441 g/mol. The Morgan fingerprint density at radius 3 is 2.24 bits per heavy atom. The molecule has 1 aliphatic heterocycles. The van der Waals surface area contributed by atoms with Gasteiger partial charge in [0.1, 0.15) is 5.76 Å². The lowest BCUT2D eigenvalue weighted by atomic mass is 9.93. The fourth-order valence-electron chi connectivity index (χ4n) is 4.06. The Morgan fingerprint density at radius 2 is 1.61 bits per heavy atom. The molecule has 0 saturated carbocycles. The van der Waals surface area contributed by atoms with Crippen LogP contribution in [-0.4, -0.2) is 29.9 Å². The number of aryl methyl sites for hydroxylation is 2. The highest BCUT2D eigenvalue weighted by Crippen LogP contribution is 2.42. The van der Waals surface area contributed by atoms with Gasteiger partial charge in [-0.15, -0.1) is 0 Å². The maximum atomic E-state index is 13.2. The second-order valence-electron chi connectivity index (χ2n) is 7.94. The number of ether oxygens (including phenoxy) is 1. The van der Waals surface area contributed by atoms with Gasteiger partial charge in [-0.2, -0.15) is 0 Å². The Bertz CT molecular complexity index is 1280. The van der Waals surface area contributed by atoms with Gasteiger partial charge in [0.05, 0.1) is 24.3 Å². The summed E-state index contributed by atoms with van der Waals surface area (Å²) in [6.45, 7) is 3.74. The maximum Gasteiger partial charge on any atom is 0.337 e. The van der Waals surface area contributed by atoms with Gasteiger partial charge in [0, 0.05) is 11.3 Å². The Balaban J connectivity index is 1.91. The van der Waals surface area contributed by atoms with Crippen LogP contribution < -0.4 is 4.90 Å². The summed E-state index contributed by atoms with van der Waals surface area (Å²) >= 11 is 0. The van der Waals surface area contributed by atoms with Crippen molar-refractivity contribution < 1.29 is 24.2 Å². The van der Waals surface area contributed by atoms with E-state index in [4.69, 9.17) is 4.74 Å². The Hall–Kier alpha value is -4.19. The van der Waals surface area contributed by atoms with Crippen molar-refractivity contribution in [2.75, 3.05) is 12.0 Å². The molecule has 1 saturated heterocycles. The smallest absolute Gasteiger partial charge is 0.337 e. The van der Waals surface area contributed by atoms with Crippen molar-refractivity contribution in [3.05, 3.63) is 106 Å². The molecule has 0 spiro atoms. The van der Waals surface area contributed by atoms with Crippen LogP contribution in [0.15, 0.2) is 78.4 Å². The average molecular weight is 441 g/mol. The van der Waals surface area contributed by atoms with Gasteiger partial charge in [0.25, 0.3) is 11.7 Å². The van der Waals surface area contributed by atoms with Crippen LogP contribution in [0.25, 0.3) is 5.76 Å². The van der Waals surface area contributed by atoms with Crippen LogP contribution in [-0.2, 0) is 14.3 Å². The van der Waals surface area contributed by atoms with Crippen LogP contribution in [0, 0.1) is 13.8 Å². The zero-order valence-electron chi connectivity index (χ0n) is 18.5. The molecular weight excluding hydrogens is 418 g/mol. The molecule has 33 heavy (non-hydrogen) atoms. The number of carbonyl (C=O) groups excluding carboxylic acids is 3. The molecule has 0 aliphatic carbocycles. The van der Waals surface area contributed by atoms with Gasteiger partial charge >= 0.3 is 5.97 Å². The molecule has 1 amide bonds. The van der Waals surface area contributed by atoms with Crippen molar-refractivity contribution in [1.29, 1.82) is 0 Å². The number of esters is 1. The normalized spacial score (nSPS) is 17.3. The lowest BCUT2D eigenvalue weighted by molar-refractivity contribution is -0.132. The summed E-state index contributed by atoms with van der Waals surface area (Å²) in [5, 5.41) is 11.3. The molecule has 1 unspecified atom stereocenters. The number of ketones is 1. The summed E-state index contributed by atoms with van der Waals surface area (Å²) in [6, 6.07) is 20.1. The van der Waals surface area contributed by atoms with Gasteiger partial charge in [0.2, 0.25) is 0 Å². The third-order valence-electron chi connectivity index (χ3n) is 5.77. The number of aliphatic hydroxyl groups is 1. The molecule has 1 fully saturated rings. The minimum atomic E-state index is -0.824. The lowest BCUT2D eigenvalue weighted by Crippen LogP contribution is -2.29. The molecule has 3 aromatic rings. The number of anilines is 1. The summed E-state index contributed by atoms with van der Waals surface area (Å²) in [4.78, 5) is 39.6. The predicted molar refractivity (Wildman–Crippen MR) is 125 cm³/mol. The Kier molecular flexibility index (Phi) is 5.84. The molecule has 0 radical (unpaired) electrons. The SMILES string of the molecule is COC(=O)c1ccc(N2C(=O)C(=O)/C(=C(/O)c3cc(C)ccc3C)C2c2ccccc2)cc1. The zero-order valence-corrected chi connectivity index (χ0v) is 18.5. The van der Waals surface area contributed by atoms with E-state index in [1.165, 1.54) is 24.1 Å². The van der Waals surface area contributed by atoms with E-state index in [2.05, 4.69) is 0 Å². The Morgan fingerprint density at radius 1 is 0.939 bits per heavy atom. The molecule has 1 heterocycles. The standard InChI is InChI=1S/C27H23NO5/c1-16-9-10-17(2)21(15-16)24(29)22-23(18-7-5-4-6-8-18)28(26(31)25(22)30)20-13-11-19(12-14-20)27(32)33-3/h4-15,23,29H,1-3H3/b24-22+. The quantitative estimate of drug-likeness (QED) is 0.274. The summed E-state index contributed by atoms with van der Waals surface area (Å²) < 4.78 is 4.73. The van der Waals surface area contributed by atoms with E-state index < -0.39 is 23.7 Å². The third kappa shape index (κ3) is 3.91. The van der Waals surface area contributed by atoms with Crippen molar-refractivity contribution in [3.63, 3.8) is 0 Å². The minimum Gasteiger partial charge on any atom is -0.507 e. The molecule has 1 aliphatic rings. The molecule has 166 valence electrons. The first kappa shape index (κ1) is 22.0. The fourth-order valence-corrected chi connectivity index (χ4v) is 4.06. The second-order valence-corrected chi connectivity index (χ2v) is 7.94. The first-order valence-electron chi connectivity index (χ1n) is 10.5. The van der Waals surface area contributed by atoms with Crippen LogP contribution in [0.1, 0.15) is 38.7 Å². The molecule has 6 heteroatoms. The summed E-state index contributed by atoms with van der Waals surface area (Å²) in [7, 11) is 1.29. The predicted octanol–water partition coefficient (Wildman–Crippen LogP) is 4.72. The number of hydrogen-bond acceptors (Lipinski definition) is 5. The first-order chi connectivity index (χ1) is 15.8. The molecule has 4 rings (SSSR count). The van der Waals surface area contributed by atoms with E-state index in [1.807, 2.05) is 56.3 Å². The van der Waals surface area contributed by atoms with Crippen LogP contribution in [0.5, 0.6) is 0 Å². The summed E-state index contributed by atoms with van der Waals surface area (Å²) in [5.74, 6) is -2.23. The first-order valence-corrected chi connectivity index (χ1v) is 10.5. The van der Waals surface area contributed by atoms with E-state index in [0.717, 1.165) is 11.1 Å². The largest absolute Gasteiger partial charge is 0.507 e. The number of hydrogen-bond donors (Lipinski definition) is 1.